The number of amides is 1. The predicted octanol–water partition coefficient (Wildman–Crippen LogP) is -0.620. The maximum atomic E-state index is 12.7. The van der Waals surface area contributed by atoms with E-state index in [1.165, 1.54) is 0 Å². The molecule has 1 aromatic heterocycles. The van der Waals surface area contributed by atoms with Crippen molar-refractivity contribution in [3.8, 4) is 0 Å². The molecule has 4 rings (SSSR count). The molecule has 2 saturated heterocycles. The van der Waals surface area contributed by atoms with Gasteiger partial charge < -0.3 is 19.3 Å². The van der Waals surface area contributed by atoms with Crippen LogP contribution >= 0.6 is 0 Å². The van der Waals surface area contributed by atoms with Crippen LogP contribution in [0.2, 0.25) is 0 Å². The van der Waals surface area contributed by atoms with Gasteiger partial charge in [-0.05, 0) is 18.4 Å². The monoisotopic (exact) mass is 446 g/mol. The largest absolute Gasteiger partial charge is 0.394 e. The van der Waals surface area contributed by atoms with Crippen LogP contribution in [0.25, 0.3) is 0 Å². The van der Waals surface area contributed by atoms with Gasteiger partial charge in [0.25, 0.3) is 5.56 Å². The van der Waals surface area contributed by atoms with Gasteiger partial charge in [-0.1, -0.05) is 6.07 Å². The van der Waals surface area contributed by atoms with Crippen molar-refractivity contribution in [3.05, 3.63) is 34.2 Å². The Hall–Kier alpha value is -2.07. The summed E-state index contributed by atoms with van der Waals surface area (Å²) in [6.07, 6.45) is 1.02. The van der Waals surface area contributed by atoms with Crippen molar-refractivity contribution in [2.24, 2.45) is 5.92 Å². The first-order valence-electron chi connectivity index (χ1n) is 11.7. The second-order valence-corrected chi connectivity index (χ2v) is 9.17. The number of aromatic nitrogens is 1. The van der Waals surface area contributed by atoms with E-state index in [9.17, 15) is 14.4 Å². The van der Waals surface area contributed by atoms with E-state index in [1.807, 2.05) is 16.7 Å². The number of carbonyl (C=O) groups excluding carboxylic acids is 2. The Balaban J connectivity index is 1.21. The average molecular weight is 447 g/mol. The zero-order chi connectivity index (χ0) is 22.5. The number of piperazine rings is 1. The smallest absolute Gasteiger partial charge is 0.250 e. The summed E-state index contributed by atoms with van der Waals surface area (Å²) in [7, 11) is 0. The molecule has 32 heavy (non-hydrogen) atoms. The molecular weight excluding hydrogens is 412 g/mol. The standard InChI is InChI=1S/C23H34N4O5/c28-9-11-32-10-8-24-4-6-26(7-5-24)23(31)13-20(29)17-25-14-18-12-19(16-25)21-2-1-3-22(30)27(21)15-18/h1-3,18-19,28H,4-17H2. The fraction of sp³-hybridized carbons (Fsp3) is 0.696. The van der Waals surface area contributed by atoms with Gasteiger partial charge in [0.15, 0.2) is 5.78 Å². The molecule has 2 unspecified atom stereocenters. The van der Waals surface area contributed by atoms with Gasteiger partial charge in [0, 0.05) is 70.0 Å². The highest BCUT2D eigenvalue weighted by Crippen LogP contribution is 2.34. The molecule has 0 radical (unpaired) electrons. The van der Waals surface area contributed by atoms with Gasteiger partial charge in [-0.15, -0.1) is 0 Å². The Morgan fingerprint density at radius 1 is 1.03 bits per heavy atom. The highest BCUT2D eigenvalue weighted by molar-refractivity contribution is 5.99. The van der Waals surface area contributed by atoms with E-state index >= 15 is 0 Å². The number of fused-ring (bicyclic) bond motifs is 4. The van der Waals surface area contributed by atoms with Gasteiger partial charge >= 0.3 is 0 Å². The van der Waals surface area contributed by atoms with Gasteiger partial charge in [-0.3, -0.25) is 24.2 Å². The second kappa shape index (κ2) is 10.7. The summed E-state index contributed by atoms with van der Waals surface area (Å²) < 4.78 is 7.19. The van der Waals surface area contributed by atoms with Gasteiger partial charge in [-0.25, -0.2) is 0 Å². The van der Waals surface area contributed by atoms with Crippen molar-refractivity contribution >= 4 is 11.7 Å². The van der Waals surface area contributed by atoms with Crippen molar-refractivity contribution in [1.29, 1.82) is 0 Å². The Morgan fingerprint density at radius 3 is 2.62 bits per heavy atom. The Bertz CT molecular complexity index is 864. The van der Waals surface area contributed by atoms with Crippen molar-refractivity contribution in [2.45, 2.75) is 25.3 Å². The number of hydrogen-bond acceptors (Lipinski definition) is 7. The number of hydrogen-bond donors (Lipinski definition) is 1. The number of pyridine rings is 1. The van der Waals surface area contributed by atoms with Crippen LogP contribution in [0.3, 0.4) is 0 Å². The summed E-state index contributed by atoms with van der Waals surface area (Å²) in [5, 5.41) is 8.74. The van der Waals surface area contributed by atoms with E-state index in [-0.39, 0.29) is 36.2 Å². The Kier molecular flexibility index (Phi) is 7.72. The molecular formula is C23H34N4O5. The van der Waals surface area contributed by atoms with Crippen molar-refractivity contribution < 1.29 is 19.4 Å². The number of ether oxygens (including phenoxy) is 1. The second-order valence-electron chi connectivity index (χ2n) is 9.17. The van der Waals surface area contributed by atoms with Crippen LogP contribution in [0.1, 0.15) is 24.5 Å². The lowest BCUT2D eigenvalue weighted by Crippen LogP contribution is -2.50. The summed E-state index contributed by atoms with van der Waals surface area (Å²) in [5.74, 6) is 0.536. The lowest BCUT2D eigenvalue weighted by Gasteiger charge is -2.42. The highest BCUT2D eigenvalue weighted by Gasteiger charge is 2.35. The van der Waals surface area contributed by atoms with Crippen molar-refractivity contribution in [1.82, 2.24) is 19.3 Å². The molecule has 0 aromatic carbocycles. The molecule has 2 fully saturated rings. The third-order valence-corrected chi connectivity index (χ3v) is 6.82. The van der Waals surface area contributed by atoms with E-state index in [0.29, 0.717) is 45.3 Å². The number of nitrogens with zero attached hydrogens (tertiary/aromatic N) is 4. The maximum absolute atomic E-state index is 12.7. The Labute approximate surface area is 188 Å². The summed E-state index contributed by atoms with van der Waals surface area (Å²) in [6, 6.07) is 5.46. The minimum absolute atomic E-state index is 0.0275. The van der Waals surface area contributed by atoms with Crippen molar-refractivity contribution in [3.63, 3.8) is 0 Å². The molecule has 9 heteroatoms. The van der Waals surface area contributed by atoms with E-state index in [2.05, 4.69) is 9.80 Å². The fourth-order valence-corrected chi connectivity index (χ4v) is 5.29. The minimum atomic E-state index is -0.0831. The molecule has 3 aliphatic heterocycles. The zero-order valence-electron chi connectivity index (χ0n) is 18.7. The number of ketones is 1. The van der Waals surface area contributed by atoms with Crippen LogP contribution in [-0.2, 0) is 20.9 Å². The Morgan fingerprint density at radius 2 is 1.84 bits per heavy atom. The van der Waals surface area contributed by atoms with Gasteiger partial charge in [-0.2, -0.15) is 0 Å². The van der Waals surface area contributed by atoms with Crippen LogP contribution in [0.5, 0.6) is 0 Å². The van der Waals surface area contributed by atoms with Crippen LogP contribution in [0.15, 0.2) is 23.0 Å². The molecule has 1 amide bonds. The summed E-state index contributed by atoms with van der Waals surface area (Å²) in [6.45, 7) is 7.13. The molecule has 3 aliphatic rings. The molecule has 0 aliphatic carbocycles. The molecule has 2 bridgehead atoms. The molecule has 0 saturated carbocycles. The number of likely N-dealkylation sites (tertiary alicyclic amines) is 1. The summed E-state index contributed by atoms with van der Waals surface area (Å²) in [4.78, 5) is 43.6. The number of carbonyl (C=O) groups is 2. The first kappa shape index (κ1) is 23.1. The third-order valence-electron chi connectivity index (χ3n) is 6.82. The SMILES string of the molecule is O=C(CC(=O)N1CCN(CCOCCO)CC1)CN1CC2CC(C1)c1cccc(=O)n1C2. The van der Waals surface area contributed by atoms with E-state index in [4.69, 9.17) is 9.84 Å². The molecule has 2 atom stereocenters. The van der Waals surface area contributed by atoms with Gasteiger partial charge in [0.2, 0.25) is 5.91 Å². The van der Waals surface area contributed by atoms with E-state index < -0.39 is 0 Å². The minimum Gasteiger partial charge on any atom is -0.394 e. The van der Waals surface area contributed by atoms with Crippen LogP contribution in [0, 0.1) is 5.92 Å². The van der Waals surface area contributed by atoms with Crippen molar-refractivity contribution in [2.75, 3.05) is 72.2 Å². The zero-order valence-corrected chi connectivity index (χ0v) is 18.7. The lowest BCUT2D eigenvalue weighted by atomic mass is 9.83. The maximum Gasteiger partial charge on any atom is 0.250 e. The van der Waals surface area contributed by atoms with Crippen LogP contribution in [0.4, 0.5) is 0 Å². The van der Waals surface area contributed by atoms with E-state index in [1.54, 1.807) is 11.0 Å². The first-order valence-corrected chi connectivity index (χ1v) is 11.7. The lowest BCUT2D eigenvalue weighted by molar-refractivity contribution is -0.137. The van der Waals surface area contributed by atoms with Crippen LogP contribution in [-0.4, -0.2) is 108 Å². The first-order chi connectivity index (χ1) is 15.5. The quantitative estimate of drug-likeness (QED) is 0.399. The summed E-state index contributed by atoms with van der Waals surface area (Å²) in [5.41, 5.74) is 1.13. The number of aliphatic hydroxyl groups is 1. The number of rotatable bonds is 9. The summed E-state index contributed by atoms with van der Waals surface area (Å²) >= 11 is 0. The highest BCUT2D eigenvalue weighted by atomic mass is 16.5. The van der Waals surface area contributed by atoms with Crippen LogP contribution < -0.4 is 5.56 Å². The fourth-order valence-electron chi connectivity index (χ4n) is 5.29. The number of aliphatic hydroxyl groups excluding tert-OH is 1. The molecule has 1 N–H and O–H groups in total. The third kappa shape index (κ3) is 5.64. The van der Waals surface area contributed by atoms with Gasteiger partial charge in [0.1, 0.15) is 0 Å². The topological polar surface area (TPSA) is 95.3 Å². The average Bonchev–Trinajstić information content (AvgIpc) is 2.78. The number of piperidine rings is 1. The van der Waals surface area contributed by atoms with Gasteiger partial charge in [0.05, 0.1) is 32.8 Å². The molecule has 0 spiro atoms. The molecule has 176 valence electrons. The number of Topliss-reactive ketones (excluding diaryl/α,β-unsaturated/α-hetero) is 1. The van der Waals surface area contributed by atoms with E-state index in [0.717, 1.165) is 44.8 Å². The molecule has 4 heterocycles. The molecule has 9 nitrogen and oxygen atoms in total. The normalized spacial score (nSPS) is 23.7. The predicted molar refractivity (Wildman–Crippen MR) is 119 cm³/mol. The molecule has 1 aromatic rings.